The Kier molecular flexibility index (Phi) is 4.98. The number of rotatable bonds is 5. The predicted octanol–water partition coefficient (Wildman–Crippen LogP) is 3.00. The summed E-state index contributed by atoms with van der Waals surface area (Å²) in [5, 5.41) is 3.33. The number of hydrogen-bond donors (Lipinski definition) is 2. The Morgan fingerprint density at radius 3 is 2.90 bits per heavy atom. The zero-order chi connectivity index (χ0) is 14.5. The number of hydrogen-bond acceptors (Lipinski definition) is 3. The van der Waals surface area contributed by atoms with Crippen LogP contribution in [0.1, 0.15) is 24.1 Å². The Labute approximate surface area is 126 Å². The molecule has 1 atom stereocenters. The molecule has 1 aromatic carbocycles. The van der Waals surface area contributed by atoms with Gasteiger partial charge in [-0.05, 0) is 25.1 Å². The molecule has 0 aliphatic heterocycles. The lowest BCUT2D eigenvalue weighted by Crippen LogP contribution is -2.23. The van der Waals surface area contributed by atoms with Gasteiger partial charge in [0, 0.05) is 34.4 Å². The molecule has 1 aromatic heterocycles. The van der Waals surface area contributed by atoms with Crippen LogP contribution in [0.15, 0.2) is 45.8 Å². The van der Waals surface area contributed by atoms with Gasteiger partial charge in [-0.25, -0.2) is 0 Å². The number of aromatic nitrogens is 1. The molecule has 0 fully saturated rings. The number of ether oxygens (including phenoxy) is 1. The topological polar surface area (TPSA) is 54.1 Å². The Bertz CT molecular complexity index is 640. The molecule has 0 radical (unpaired) electrons. The van der Waals surface area contributed by atoms with Crippen molar-refractivity contribution in [2.45, 2.75) is 19.5 Å². The van der Waals surface area contributed by atoms with E-state index in [-0.39, 0.29) is 11.6 Å². The fraction of sp³-hybridized carbons (Fsp3) is 0.267. The van der Waals surface area contributed by atoms with E-state index in [4.69, 9.17) is 4.74 Å². The maximum absolute atomic E-state index is 11.6. The van der Waals surface area contributed by atoms with E-state index >= 15 is 0 Å². The van der Waals surface area contributed by atoms with Crippen molar-refractivity contribution in [1.82, 2.24) is 10.3 Å². The van der Waals surface area contributed by atoms with Crippen LogP contribution in [-0.4, -0.2) is 12.1 Å². The normalized spacial score (nSPS) is 12.2. The van der Waals surface area contributed by atoms with Gasteiger partial charge < -0.3 is 15.0 Å². The Morgan fingerprint density at radius 1 is 1.40 bits per heavy atom. The van der Waals surface area contributed by atoms with E-state index < -0.39 is 0 Å². The molecule has 0 saturated heterocycles. The molecule has 2 aromatic rings. The highest BCUT2D eigenvalue weighted by molar-refractivity contribution is 9.10. The standard InChI is InChI=1S/C15H17BrN2O2/c1-10(13-6-5-12(16)8-14(13)20-2)18-9-11-4-3-7-17-15(11)19/h3-8,10,18H,9H2,1-2H3,(H,17,19). The minimum atomic E-state index is -0.0602. The molecular weight excluding hydrogens is 320 g/mol. The second-order valence-electron chi connectivity index (χ2n) is 4.51. The molecule has 20 heavy (non-hydrogen) atoms. The quantitative estimate of drug-likeness (QED) is 0.882. The highest BCUT2D eigenvalue weighted by atomic mass is 79.9. The van der Waals surface area contributed by atoms with Crippen LogP contribution in [0.25, 0.3) is 0 Å². The van der Waals surface area contributed by atoms with Crippen molar-refractivity contribution >= 4 is 15.9 Å². The number of nitrogens with one attached hydrogen (secondary N) is 2. The van der Waals surface area contributed by atoms with E-state index in [2.05, 4.69) is 26.2 Å². The lowest BCUT2D eigenvalue weighted by molar-refractivity contribution is 0.401. The second kappa shape index (κ2) is 6.72. The van der Waals surface area contributed by atoms with Crippen LogP contribution in [0.4, 0.5) is 0 Å². The predicted molar refractivity (Wildman–Crippen MR) is 83.0 cm³/mol. The summed E-state index contributed by atoms with van der Waals surface area (Å²) < 4.78 is 6.36. The summed E-state index contributed by atoms with van der Waals surface area (Å²) in [6.07, 6.45) is 1.63. The van der Waals surface area contributed by atoms with E-state index in [1.54, 1.807) is 13.3 Å². The third kappa shape index (κ3) is 3.49. The summed E-state index contributed by atoms with van der Waals surface area (Å²) in [7, 11) is 1.65. The van der Waals surface area contributed by atoms with Gasteiger partial charge in [0.05, 0.1) is 7.11 Å². The number of pyridine rings is 1. The van der Waals surface area contributed by atoms with Gasteiger partial charge in [0.15, 0.2) is 0 Å². The first-order chi connectivity index (χ1) is 9.61. The van der Waals surface area contributed by atoms with Gasteiger partial charge in [-0.3, -0.25) is 4.79 Å². The number of benzene rings is 1. The van der Waals surface area contributed by atoms with E-state index in [1.165, 1.54) is 0 Å². The minimum Gasteiger partial charge on any atom is -0.496 e. The van der Waals surface area contributed by atoms with Crippen molar-refractivity contribution in [2.75, 3.05) is 7.11 Å². The van der Waals surface area contributed by atoms with Gasteiger partial charge in [0.25, 0.3) is 5.56 Å². The summed E-state index contributed by atoms with van der Waals surface area (Å²) in [4.78, 5) is 14.3. The molecule has 4 nitrogen and oxygen atoms in total. The lowest BCUT2D eigenvalue weighted by Gasteiger charge is -2.17. The van der Waals surface area contributed by atoms with Gasteiger partial charge in [-0.1, -0.05) is 28.1 Å². The van der Waals surface area contributed by atoms with E-state index in [9.17, 15) is 4.79 Å². The summed E-state index contributed by atoms with van der Waals surface area (Å²) in [5.74, 6) is 0.821. The fourth-order valence-corrected chi connectivity index (χ4v) is 2.35. The first kappa shape index (κ1) is 14.8. The largest absolute Gasteiger partial charge is 0.496 e. The molecule has 1 heterocycles. The number of halogens is 1. The number of aromatic amines is 1. The van der Waals surface area contributed by atoms with Crippen LogP contribution in [0.2, 0.25) is 0 Å². The molecular formula is C15H17BrN2O2. The van der Waals surface area contributed by atoms with Crippen molar-refractivity contribution in [3.05, 3.63) is 62.5 Å². The molecule has 5 heteroatoms. The minimum absolute atomic E-state index is 0.0602. The van der Waals surface area contributed by atoms with E-state index in [0.717, 1.165) is 21.3 Å². The molecule has 0 spiro atoms. The van der Waals surface area contributed by atoms with Crippen molar-refractivity contribution in [3.8, 4) is 5.75 Å². The first-order valence-corrected chi connectivity index (χ1v) is 7.14. The van der Waals surface area contributed by atoms with Gasteiger partial charge in [0.1, 0.15) is 5.75 Å². The molecule has 0 amide bonds. The average Bonchev–Trinajstić information content (AvgIpc) is 2.46. The summed E-state index contributed by atoms with van der Waals surface area (Å²) in [6, 6.07) is 9.64. The summed E-state index contributed by atoms with van der Waals surface area (Å²) in [5.41, 5.74) is 1.72. The second-order valence-corrected chi connectivity index (χ2v) is 5.43. The monoisotopic (exact) mass is 336 g/mol. The van der Waals surface area contributed by atoms with Crippen LogP contribution in [-0.2, 0) is 6.54 Å². The van der Waals surface area contributed by atoms with Gasteiger partial charge in [0.2, 0.25) is 0 Å². The average molecular weight is 337 g/mol. The van der Waals surface area contributed by atoms with Crippen molar-refractivity contribution in [3.63, 3.8) is 0 Å². The van der Waals surface area contributed by atoms with Crippen molar-refractivity contribution in [1.29, 1.82) is 0 Å². The van der Waals surface area contributed by atoms with E-state index in [1.807, 2.05) is 37.3 Å². The van der Waals surface area contributed by atoms with Crippen LogP contribution in [0.5, 0.6) is 5.75 Å². The molecule has 0 aliphatic carbocycles. The van der Waals surface area contributed by atoms with Gasteiger partial charge in [-0.2, -0.15) is 0 Å². The summed E-state index contributed by atoms with van der Waals surface area (Å²) >= 11 is 3.43. The molecule has 1 unspecified atom stereocenters. The van der Waals surface area contributed by atoms with Crippen LogP contribution >= 0.6 is 15.9 Å². The molecule has 0 saturated carbocycles. The molecule has 2 rings (SSSR count). The highest BCUT2D eigenvalue weighted by Crippen LogP contribution is 2.28. The Morgan fingerprint density at radius 2 is 2.20 bits per heavy atom. The van der Waals surface area contributed by atoms with Gasteiger partial charge >= 0.3 is 0 Å². The smallest absolute Gasteiger partial charge is 0.252 e. The fourth-order valence-electron chi connectivity index (χ4n) is 2.01. The van der Waals surface area contributed by atoms with Crippen molar-refractivity contribution < 1.29 is 4.74 Å². The van der Waals surface area contributed by atoms with E-state index in [0.29, 0.717) is 6.54 Å². The molecule has 0 bridgehead atoms. The Hall–Kier alpha value is -1.59. The zero-order valence-electron chi connectivity index (χ0n) is 11.4. The maximum Gasteiger partial charge on any atom is 0.252 e. The lowest BCUT2D eigenvalue weighted by atomic mass is 10.1. The number of H-pyrrole nitrogens is 1. The zero-order valence-corrected chi connectivity index (χ0v) is 13.0. The van der Waals surface area contributed by atoms with Gasteiger partial charge in [-0.15, -0.1) is 0 Å². The maximum atomic E-state index is 11.6. The molecule has 106 valence electrons. The SMILES string of the molecule is COc1cc(Br)ccc1C(C)NCc1ccc[nH]c1=O. The molecule has 2 N–H and O–H groups in total. The van der Waals surface area contributed by atoms with Crippen molar-refractivity contribution in [2.24, 2.45) is 0 Å². The third-order valence-corrected chi connectivity index (χ3v) is 3.65. The Balaban J connectivity index is 2.11. The first-order valence-electron chi connectivity index (χ1n) is 6.35. The molecule has 0 aliphatic rings. The number of methoxy groups -OCH3 is 1. The third-order valence-electron chi connectivity index (χ3n) is 3.16. The van der Waals surface area contributed by atoms with Crippen LogP contribution in [0, 0.1) is 0 Å². The van der Waals surface area contributed by atoms with Crippen LogP contribution in [0.3, 0.4) is 0 Å². The summed E-state index contributed by atoms with van der Waals surface area (Å²) in [6.45, 7) is 2.56. The highest BCUT2D eigenvalue weighted by Gasteiger charge is 2.11. The van der Waals surface area contributed by atoms with Crippen LogP contribution < -0.4 is 15.6 Å².